The van der Waals surface area contributed by atoms with E-state index in [2.05, 4.69) is 15.0 Å². The van der Waals surface area contributed by atoms with E-state index in [4.69, 9.17) is 4.52 Å². The predicted molar refractivity (Wildman–Crippen MR) is 98.4 cm³/mol. The third-order valence-corrected chi connectivity index (χ3v) is 5.01. The van der Waals surface area contributed by atoms with E-state index in [0.717, 1.165) is 23.8 Å². The highest BCUT2D eigenvalue weighted by Crippen LogP contribution is 2.25. The molecule has 4 rings (SSSR count). The van der Waals surface area contributed by atoms with Crippen molar-refractivity contribution in [1.29, 1.82) is 0 Å². The number of halogens is 2. The Morgan fingerprint density at radius 3 is 2.61 bits per heavy atom. The molecule has 0 aliphatic carbocycles. The second kappa shape index (κ2) is 7.98. The summed E-state index contributed by atoms with van der Waals surface area (Å²) in [5.74, 6) is -0.857. The van der Waals surface area contributed by atoms with E-state index in [9.17, 15) is 13.6 Å². The Kier molecular flexibility index (Phi) is 5.25. The molecule has 1 fully saturated rings. The largest absolute Gasteiger partial charge is 0.334 e. The van der Waals surface area contributed by atoms with Crippen LogP contribution in [-0.4, -0.2) is 33.9 Å². The fourth-order valence-electron chi connectivity index (χ4n) is 3.48. The van der Waals surface area contributed by atoms with Gasteiger partial charge in [0.15, 0.2) is 11.6 Å². The molecule has 1 aliphatic heterocycles. The summed E-state index contributed by atoms with van der Waals surface area (Å²) in [4.78, 5) is 19.1. The Morgan fingerprint density at radius 2 is 1.86 bits per heavy atom. The SMILES string of the molecule is O=C(c1cc(F)ccc1F)C1CCN(Cc2noc(-c3ccccc3)n2)CC1. The average Bonchev–Trinajstić information content (AvgIpc) is 3.19. The minimum atomic E-state index is -0.672. The van der Waals surface area contributed by atoms with Gasteiger partial charge in [0.05, 0.1) is 12.1 Å². The van der Waals surface area contributed by atoms with Gasteiger partial charge in [-0.1, -0.05) is 23.4 Å². The van der Waals surface area contributed by atoms with Gasteiger partial charge in [0.1, 0.15) is 11.6 Å². The molecule has 5 nitrogen and oxygen atoms in total. The van der Waals surface area contributed by atoms with Crippen LogP contribution in [0.2, 0.25) is 0 Å². The standard InChI is InChI=1S/C21H19F2N3O2/c22-16-6-7-18(23)17(12-16)20(27)14-8-10-26(11-9-14)13-19-24-21(28-25-19)15-4-2-1-3-5-15/h1-7,12,14H,8-11,13H2. The van der Waals surface area contributed by atoms with E-state index in [0.29, 0.717) is 44.2 Å². The van der Waals surface area contributed by atoms with Crippen molar-refractivity contribution in [3.05, 3.63) is 71.6 Å². The molecule has 2 heterocycles. The van der Waals surface area contributed by atoms with Gasteiger partial charge in [0, 0.05) is 11.5 Å². The molecular formula is C21H19F2N3O2. The summed E-state index contributed by atoms with van der Waals surface area (Å²) >= 11 is 0. The Balaban J connectivity index is 1.35. The molecular weight excluding hydrogens is 364 g/mol. The lowest BCUT2D eigenvalue weighted by molar-refractivity contribution is 0.0827. The van der Waals surface area contributed by atoms with Crippen molar-refractivity contribution in [2.75, 3.05) is 13.1 Å². The van der Waals surface area contributed by atoms with Crippen LogP contribution in [0.1, 0.15) is 29.0 Å². The van der Waals surface area contributed by atoms with Gasteiger partial charge in [0.25, 0.3) is 5.89 Å². The molecule has 144 valence electrons. The summed E-state index contributed by atoms with van der Waals surface area (Å²) in [6.45, 7) is 1.83. The molecule has 3 aromatic rings. The van der Waals surface area contributed by atoms with Gasteiger partial charge in [-0.25, -0.2) is 8.78 Å². The van der Waals surface area contributed by atoms with E-state index in [-0.39, 0.29) is 17.3 Å². The van der Waals surface area contributed by atoms with E-state index in [1.54, 1.807) is 0 Å². The Hall–Kier alpha value is -2.93. The molecule has 0 amide bonds. The quantitative estimate of drug-likeness (QED) is 0.621. The number of carbonyl (C=O) groups is 1. The number of benzene rings is 2. The molecule has 0 radical (unpaired) electrons. The number of hydrogen-bond acceptors (Lipinski definition) is 5. The van der Waals surface area contributed by atoms with E-state index in [1.807, 2.05) is 30.3 Å². The third-order valence-electron chi connectivity index (χ3n) is 5.01. The summed E-state index contributed by atoms with van der Waals surface area (Å²) in [6, 6.07) is 12.5. The number of likely N-dealkylation sites (tertiary alicyclic amines) is 1. The maximum atomic E-state index is 13.9. The van der Waals surface area contributed by atoms with Crippen LogP contribution in [0.15, 0.2) is 53.1 Å². The second-order valence-corrected chi connectivity index (χ2v) is 6.92. The zero-order chi connectivity index (χ0) is 19.5. The first kappa shape index (κ1) is 18.4. The van der Waals surface area contributed by atoms with Gasteiger partial charge >= 0.3 is 0 Å². The average molecular weight is 383 g/mol. The van der Waals surface area contributed by atoms with Gasteiger partial charge in [0.2, 0.25) is 0 Å². The maximum Gasteiger partial charge on any atom is 0.257 e. The smallest absolute Gasteiger partial charge is 0.257 e. The van der Waals surface area contributed by atoms with Gasteiger partial charge < -0.3 is 4.52 Å². The maximum absolute atomic E-state index is 13.9. The zero-order valence-corrected chi connectivity index (χ0v) is 15.1. The normalized spacial score (nSPS) is 15.6. The number of hydrogen-bond donors (Lipinski definition) is 0. The van der Waals surface area contributed by atoms with Crippen molar-refractivity contribution in [2.45, 2.75) is 19.4 Å². The van der Waals surface area contributed by atoms with Crippen LogP contribution in [-0.2, 0) is 6.54 Å². The topological polar surface area (TPSA) is 59.2 Å². The first-order chi connectivity index (χ1) is 13.6. The molecule has 0 bridgehead atoms. The van der Waals surface area contributed by atoms with Crippen LogP contribution in [0.3, 0.4) is 0 Å². The van der Waals surface area contributed by atoms with Crippen LogP contribution >= 0.6 is 0 Å². The lowest BCUT2D eigenvalue weighted by Crippen LogP contribution is -2.36. The molecule has 0 unspecified atom stereocenters. The molecule has 1 saturated heterocycles. The highest BCUT2D eigenvalue weighted by atomic mass is 19.1. The third kappa shape index (κ3) is 3.99. The zero-order valence-electron chi connectivity index (χ0n) is 15.1. The predicted octanol–water partition coefficient (Wildman–Crippen LogP) is 4.11. The summed E-state index contributed by atoms with van der Waals surface area (Å²) in [5, 5.41) is 4.02. The number of carbonyl (C=O) groups excluding carboxylic acids is 1. The van der Waals surface area contributed by atoms with E-state index < -0.39 is 11.6 Å². The molecule has 1 aromatic heterocycles. The number of Topliss-reactive ketones (excluding diaryl/α,β-unsaturated/α-hetero) is 1. The molecule has 0 N–H and O–H groups in total. The van der Waals surface area contributed by atoms with Crippen molar-refractivity contribution in [3.63, 3.8) is 0 Å². The van der Waals surface area contributed by atoms with Crippen LogP contribution in [0.4, 0.5) is 8.78 Å². The Morgan fingerprint density at radius 1 is 1.11 bits per heavy atom. The van der Waals surface area contributed by atoms with Crippen molar-refractivity contribution >= 4 is 5.78 Å². The first-order valence-electron chi connectivity index (χ1n) is 9.20. The van der Waals surface area contributed by atoms with Gasteiger partial charge in [-0.2, -0.15) is 4.98 Å². The Labute approximate surface area is 161 Å². The summed E-state index contributed by atoms with van der Waals surface area (Å²) in [7, 11) is 0. The van der Waals surface area contributed by atoms with Gasteiger partial charge in [-0.15, -0.1) is 0 Å². The number of piperidine rings is 1. The van der Waals surface area contributed by atoms with Crippen LogP contribution in [0.5, 0.6) is 0 Å². The lowest BCUT2D eigenvalue weighted by atomic mass is 9.88. The van der Waals surface area contributed by atoms with Crippen LogP contribution < -0.4 is 0 Å². The fraction of sp³-hybridized carbons (Fsp3) is 0.286. The highest BCUT2D eigenvalue weighted by molar-refractivity contribution is 5.98. The molecule has 1 aliphatic rings. The number of aromatic nitrogens is 2. The van der Waals surface area contributed by atoms with Crippen LogP contribution in [0.25, 0.3) is 11.5 Å². The molecule has 2 aromatic carbocycles. The summed E-state index contributed by atoms with van der Waals surface area (Å²) < 4.78 is 32.5. The number of ketones is 1. The Bertz CT molecular complexity index is 967. The van der Waals surface area contributed by atoms with Crippen LogP contribution in [0, 0.1) is 17.6 Å². The monoisotopic (exact) mass is 383 g/mol. The molecule has 0 spiro atoms. The number of rotatable bonds is 5. The number of nitrogens with zero attached hydrogens (tertiary/aromatic N) is 3. The highest BCUT2D eigenvalue weighted by Gasteiger charge is 2.28. The summed E-state index contributed by atoms with van der Waals surface area (Å²) in [5.41, 5.74) is 0.701. The second-order valence-electron chi connectivity index (χ2n) is 6.92. The molecule has 28 heavy (non-hydrogen) atoms. The fourth-order valence-corrected chi connectivity index (χ4v) is 3.48. The van der Waals surface area contributed by atoms with E-state index >= 15 is 0 Å². The summed E-state index contributed by atoms with van der Waals surface area (Å²) in [6.07, 6.45) is 1.16. The van der Waals surface area contributed by atoms with Gasteiger partial charge in [-0.3, -0.25) is 9.69 Å². The van der Waals surface area contributed by atoms with E-state index in [1.165, 1.54) is 0 Å². The van der Waals surface area contributed by atoms with Gasteiger partial charge in [-0.05, 0) is 56.3 Å². The lowest BCUT2D eigenvalue weighted by Gasteiger charge is -2.30. The molecule has 0 atom stereocenters. The minimum absolute atomic E-state index is 0.163. The molecule has 0 saturated carbocycles. The van der Waals surface area contributed by atoms with Crippen molar-refractivity contribution in [3.8, 4) is 11.5 Å². The minimum Gasteiger partial charge on any atom is -0.334 e. The molecule has 7 heteroatoms. The van der Waals surface area contributed by atoms with Crippen molar-refractivity contribution < 1.29 is 18.1 Å². The van der Waals surface area contributed by atoms with Crippen molar-refractivity contribution in [1.82, 2.24) is 15.0 Å². The first-order valence-corrected chi connectivity index (χ1v) is 9.20. The van der Waals surface area contributed by atoms with Crippen molar-refractivity contribution in [2.24, 2.45) is 5.92 Å².